The van der Waals surface area contributed by atoms with Crippen molar-refractivity contribution in [2.75, 3.05) is 7.11 Å². The average molecular weight is 222 g/mol. The Morgan fingerprint density at radius 1 is 1.25 bits per heavy atom. The number of methoxy groups -OCH3 is 1. The van der Waals surface area contributed by atoms with Gasteiger partial charge in [-0.15, -0.1) is 0 Å². The maximum atomic E-state index is 11.7. The summed E-state index contributed by atoms with van der Waals surface area (Å²) in [5.41, 5.74) is 0.942. The molecule has 16 heavy (non-hydrogen) atoms. The van der Waals surface area contributed by atoms with Crippen LogP contribution >= 0.6 is 0 Å². The molecule has 0 bridgehead atoms. The largest absolute Gasteiger partial charge is 0.504 e. The number of hydrogen-bond donors (Lipinski definition) is 1. The first-order chi connectivity index (χ1) is 7.40. The fraction of sp³-hybridized carbons (Fsp3) is 0.333. The lowest BCUT2D eigenvalue weighted by Gasteiger charge is -2.02. The van der Waals surface area contributed by atoms with Crippen molar-refractivity contribution in [3.63, 3.8) is 0 Å². The Balaban J connectivity index is 3.79. The highest BCUT2D eigenvalue weighted by Gasteiger charge is 2.16. The molecule has 1 aromatic carbocycles. The lowest BCUT2D eigenvalue weighted by atomic mass is 10.1. The normalized spacial score (nSPS) is 10.0. The lowest BCUT2D eigenvalue weighted by molar-refractivity contribution is 0.0599. The SMILES string of the molecule is COC(=O)c1c(C)cc(C)c(O)c(=O)c1C. The minimum atomic E-state index is -0.568. The molecule has 0 saturated heterocycles. The van der Waals surface area contributed by atoms with Gasteiger partial charge < -0.3 is 9.84 Å². The van der Waals surface area contributed by atoms with Crippen LogP contribution in [0.25, 0.3) is 0 Å². The molecule has 4 nitrogen and oxygen atoms in total. The standard InChI is InChI=1S/C12H14O4/c1-6-5-7(2)10(13)11(14)8(3)9(6)12(15)16-4/h5H,1-4H3,(H,13,14). The molecule has 0 saturated carbocycles. The molecule has 0 radical (unpaired) electrons. The number of ether oxygens (including phenoxy) is 1. The highest BCUT2D eigenvalue weighted by molar-refractivity contribution is 5.92. The number of aromatic hydroxyl groups is 1. The molecule has 0 fully saturated rings. The summed E-state index contributed by atoms with van der Waals surface area (Å²) in [5.74, 6) is -0.891. The van der Waals surface area contributed by atoms with Gasteiger partial charge in [-0.25, -0.2) is 4.79 Å². The van der Waals surface area contributed by atoms with E-state index in [2.05, 4.69) is 4.74 Å². The van der Waals surface area contributed by atoms with Gasteiger partial charge in [0.2, 0.25) is 5.43 Å². The van der Waals surface area contributed by atoms with Crippen LogP contribution in [0, 0.1) is 20.8 Å². The summed E-state index contributed by atoms with van der Waals surface area (Å²) in [4.78, 5) is 23.3. The molecule has 86 valence electrons. The highest BCUT2D eigenvalue weighted by atomic mass is 16.5. The fourth-order valence-corrected chi connectivity index (χ4v) is 1.65. The molecular formula is C12H14O4. The van der Waals surface area contributed by atoms with Crippen molar-refractivity contribution in [3.8, 4) is 5.75 Å². The summed E-state index contributed by atoms with van der Waals surface area (Å²) in [6, 6.07) is 1.59. The molecule has 0 aromatic heterocycles. The predicted molar refractivity (Wildman–Crippen MR) is 59.9 cm³/mol. The molecule has 0 spiro atoms. The maximum Gasteiger partial charge on any atom is 0.338 e. The van der Waals surface area contributed by atoms with Crippen molar-refractivity contribution in [1.82, 2.24) is 0 Å². The second kappa shape index (κ2) is 4.35. The van der Waals surface area contributed by atoms with Crippen LogP contribution in [-0.2, 0) is 4.74 Å². The Morgan fingerprint density at radius 2 is 1.81 bits per heavy atom. The van der Waals surface area contributed by atoms with Crippen LogP contribution < -0.4 is 5.43 Å². The van der Waals surface area contributed by atoms with E-state index >= 15 is 0 Å². The molecule has 1 rings (SSSR count). The van der Waals surface area contributed by atoms with Crippen molar-refractivity contribution >= 4 is 5.97 Å². The summed E-state index contributed by atoms with van der Waals surface area (Å²) in [5, 5.41) is 9.59. The van der Waals surface area contributed by atoms with E-state index in [1.54, 1.807) is 19.9 Å². The number of esters is 1. The van der Waals surface area contributed by atoms with E-state index in [1.807, 2.05) is 0 Å². The van der Waals surface area contributed by atoms with Gasteiger partial charge in [0.15, 0.2) is 5.75 Å². The van der Waals surface area contributed by atoms with Crippen LogP contribution in [0.2, 0.25) is 0 Å². The van der Waals surface area contributed by atoms with E-state index < -0.39 is 11.4 Å². The van der Waals surface area contributed by atoms with Crippen LogP contribution in [0.3, 0.4) is 0 Å². The van der Waals surface area contributed by atoms with Crippen LogP contribution in [0.5, 0.6) is 5.75 Å². The smallest absolute Gasteiger partial charge is 0.338 e. The van der Waals surface area contributed by atoms with E-state index in [0.717, 1.165) is 0 Å². The minimum Gasteiger partial charge on any atom is -0.504 e. The molecule has 1 N–H and O–H groups in total. The van der Waals surface area contributed by atoms with E-state index in [4.69, 9.17) is 0 Å². The zero-order valence-electron chi connectivity index (χ0n) is 9.75. The van der Waals surface area contributed by atoms with Crippen LogP contribution in [0.4, 0.5) is 0 Å². The Bertz CT molecular complexity index is 503. The molecule has 1 aromatic rings. The summed E-state index contributed by atoms with van der Waals surface area (Å²) >= 11 is 0. The van der Waals surface area contributed by atoms with E-state index in [0.29, 0.717) is 11.1 Å². The van der Waals surface area contributed by atoms with Crippen molar-refractivity contribution in [3.05, 3.63) is 38.5 Å². The maximum absolute atomic E-state index is 11.7. The molecule has 4 heteroatoms. The molecule has 0 heterocycles. The first kappa shape index (κ1) is 12.2. The minimum absolute atomic E-state index is 0.204. The molecule has 0 aliphatic rings. The Morgan fingerprint density at radius 3 is 2.31 bits per heavy atom. The summed E-state index contributed by atoms with van der Waals surface area (Å²) in [7, 11) is 1.26. The first-order valence-electron chi connectivity index (χ1n) is 4.82. The third-order valence-corrected chi connectivity index (χ3v) is 2.52. The van der Waals surface area contributed by atoms with Crippen molar-refractivity contribution in [1.29, 1.82) is 0 Å². The molecule has 0 aliphatic heterocycles. The van der Waals surface area contributed by atoms with Gasteiger partial charge >= 0.3 is 5.97 Å². The van der Waals surface area contributed by atoms with Crippen LogP contribution in [-0.4, -0.2) is 18.2 Å². The summed E-state index contributed by atoms with van der Waals surface area (Å²) in [6.07, 6.45) is 0. The number of carbonyl (C=O) groups excluding carboxylic acids is 1. The van der Waals surface area contributed by atoms with Gasteiger partial charge in [0, 0.05) is 5.56 Å². The highest BCUT2D eigenvalue weighted by Crippen LogP contribution is 2.17. The number of rotatable bonds is 1. The van der Waals surface area contributed by atoms with E-state index in [-0.39, 0.29) is 16.9 Å². The number of carbonyl (C=O) groups is 1. The topological polar surface area (TPSA) is 63.6 Å². The van der Waals surface area contributed by atoms with Gasteiger partial charge in [0.05, 0.1) is 12.7 Å². The lowest BCUT2D eigenvalue weighted by Crippen LogP contribution is -2.11. The van der Waals surface area contributed by atoms with Crippen molar-refractivity contribution in [2.45, 2.75) is 20.8 Å². The Hall–Kier alpha value is -1.84. The number of aryl methyl sites for hydroxylation is 2. The average Bonchev–Trinajstić information content (AvgIpc) is 2.31. The van der Waals surface area contributed by atoms with Gasteiger partial charge in [-0.3, -0.25) is 4.79 Å². The van der Waals surface area contributed by atoms with E-state index in [9.17, 15) is 14.7 Å². The molecule has 0 unspecified atom stereocenters. The Labute approximate surface area is 93.5 Å². The van der Waals surface area contributed by atoms with Gasteiger partial charge in [-0.1, -0.05) is 6.07 Å². The second-order valence-electron chi connectivity index (χ2n) is 3.68. The van der Waals surface area contributed by atoms with Crippen LogP contribution in [0.1, 0.15) is 27.0 Å². The fourth-order valence-electron chi connectivity index (χ4n) is 1.65. The third-order valence-electron chi connectivity index (χ3n) is 2.52. The molecule has 0 amide bonds. The Kier molecular flexibility index (Phi) is 3.32. The monoisotopic (exact) mass is 222 g/mol. The molecular weight excluding hydrogens is 208 g/mol. The second-order valence-corrected chi connectivity index (χ2v) is 3.68. The predicted octanol–water partition coefficient (Wildman–Crippen LogP) is 1.46. The van der Waals surface area contributed by atoms with Gasteiger partial charge in [-0.2, -0.15) is 0 Å². The van der Waals surface area contributed by atoms with Gasteiger partial charge in [0.1, 0.15) is 0 Å². The van der Waals surface area contributed by atoms with Crippen molar-refractivity contribution < 1.29 is 14.6 Å². The zero-order chi connectivity index (χ0) is 12.5. The first-order valence-corrected chi connectivity index (χ1v) is 4.82. The van der Waals surface area contributed by atoms with Crippen molar-refractivity contribution in [2.24, 2.45) is 0 Å². The van der Waals surface area contributed by atoms with Crippen LogP contribution in [0.15, 0.2) is 10.9 Å². The molecule has 0 atom stereocenters. The third kappa shape index (κ3) is 1.91. The van der Waals surface area contributed by atoms with E-state index in [1.165, 1.54) is 14.0 Å². The summed E-state index contributed by atoms with van der Waals surface area (Å²) < 4.78 is 4.61. The van der Waals surface area contributed by atoms with Gasteiger partial charge in [-0.05, 0) is 31.9 Å². The molecule has 0 aliphatic carbocycles. The quantitative estimate of drug-likeness (QED) is 0.731. The zero-order valence-corrected chi connectivity index (χ0v) is 9.75. The van der Waals surface area contributed by atoms with Gasteiger partial charge in [0.25, 0.3) is 0 Å². The summed E-state index contributed by atoms with van der Waals surface area (Å²) in [6.45, 7) is 4.82. The number of hydrogen-bond acceptors (Lipinski definition) is 4.